The topological polar surface area (TPSA) is 39.2 Å². The molecule has 3 heteroatoms. The Bertz CT molecular complexity index is 971. The first kappa shape index (κ1) is 20.8. The minimum absolute atomic E-state index is 0.0274. The van der Waals surface area contributed by atoms with E-state index in [0.29, 0.717) is 23.5 Å². The Labute approximate surface area is 173 Å². The summed E-state index contributed by atoms with van der Waals surface area (Å²) in [5, 5.41) is 0. The number of pyridine rings is 1. The third-order valence-electron chi connectivity index (χ3n) is 4.90. The van der Waals surface area contributed by atoms with Gasteiger partial charge in [-0.05, 0) is 36.1 Å². The SMILES string of the molecule is CCCCOc1c(C(=O)c2cccc(-c3ccccn3)c2)cccc1C(C)(C)C. The van der Waals surface area contributed by atoms with Crippen LogP contribution in [0.25, 0.3) is 11.3 Å². The molecule has 0 bridgehead atoms. The summed E-state index contributed by atoms with van der Waals surface area (Å²) >= 11 is 0. The summed E-state index contributed by atoms with van der Waals surface area (Å²) in [5.41, 5.74) is 3.97. The number of para-hydroxylation sites is 1. The predicted molar refractivity (Wildman–Crippen MR) is 119 cm³/mol. The van der Waals surface area contributed by atoms with Crippen LogP contribution in [-0.4, -0.2) is 17.4 Å². The molecule has 29 heavy (non-hydrogen) atoms. The molecule has 0 N–H and O–H groups in total. The molecular formula is C26H29NO2. The van der Waals surface area contributed by atoms with Crippen LogP contribution in [0.3, 0.4) is 0 Å². The highest BCUT2D eigenvalue weighted by Gasteiger charge is 2.24. The molecule has 3 rings (SSSR count). The average Bonchev–Trinajstić information content (AvgIpc) is 2.73. The summed E-state index contributed by atoms with van der Waals surface area (Å²) in [4.78, 5) is 17.9. The van der Waals surface area contributed by atoms with Crippen LogP contribution in [0.1, 0.15) is 62.0 Å². The van der Waals surface area contributed by atoms with Gasteiger partial charge in [0.2, 0.25) is 0 Å². The highest BCUT2D eigenvalue weighted by atomic mass is 16.5. The van der Waals surface area contributed by atoms with Crippen molar-refractivity contribution in [2.75, 3.05) is 6.61 Å². The lowest BCUT2D eigenvalue weighted by Crippen LogP contribution is -2.17. The highest BCUT2D eigenvalue weighted by Crippen LogP contribution is 2.35. The normalized spacial score (nSPS) is 11.3. The zero-order chi connectivity index (χ0) is 20.9. The molecule has 0 spiro atoms. The molecule has 0 atom stereocenters. The fourth-order valence-electron chi connectivity index (χ4n) is 3.29. The molecule has 1 aromatic heterocycles. The fourth-order valence-corrected chi connectivity index (χ4v) is 3.29. The molecule has 0 saturated heterocycles. The Kier molecular flexibility index (Phi) is 6.48. The smallest absolute Gasteiger partial charge is 0.196 e. The van der Waals surface area contributed by atoms with Gasteiger partial charge in [0.15, 0.2) is 5.78 Å². The van der Waals surface area contributed by atoms with E-state index in [1.165, 1.54) is 0 Å². The third-order valence-corrected chi connectivity index (χ3v) is 4.90. The molecule has 2 aromatic carbocycles. The number of ketones is 1. The van der Waals surface area contributed by atoms with Crippen LogP contribution in [0, 0.1) is 0 Å². The summed E-state index contributed by atoms with van der Waals surface area (Å²) in [6, 6.07) is 19.3. The number of carbonyl (C=O) groups is 1. The molecule has 0 fully saturated rings. The van der Waals surface area contributed by atoms with E-state index in [2.05, 4.69) is 38.7 Å². The summed E-state index contributed by atoms with van der Waals surface area (Å²) in [6.07, 6.45) is 3.77. The van der Waals surface area contributed by atoms with Crippen molar-refractivity contribution in [3.05, 3.63) is 83.6 Å². The molecule has 0 aliphatic rings. The Balaban J connectivity index is 2.03. The minimum atomic E-state index is -0.117. The van der Waals surface area contributed by atoms with Gasteiger partial charge in [-0.25, -0.2) is 0 Å². The molecule has 3 nitrogen and oxygen atoms in total. The van der Waals surface area contributed by atoms with Crippen molar-refractivity contribution in [3.8, 4) is 17.0 Å². The maximum Gasteiger partial charge on any atom is 0.196 e. The number of hydrogen-bond donors (Lipinski definition) is 0. The van der Waals surface area contributed by atoms with E-state index >= 15 is 0 Å². The molecule has 150 valence electrons. The number of hydrogen-bond acceptors (Lipinski definition) is 3. The number of rotatable bonds is 7. The zero-order valence-electron chi connectivity index (χ0n) is 17.7. The monoisotopic (exact) mass is 387 g/mol. The third kappa shape index (κ3) is 4.92. The van der Waals surface area contributed by atoms with Crippen molar-refractivity contribution in [2.45, 2.75) is 46.0 Å². The first-order chi connectivity index (χ1) is 13.9. The summed E-state index contributed by atoms with van der Waals surface area (Å²) in [6.45, 7) is 9.17. The Morgan fingerprint density at radius 1 is 1.00 bits per heavy atom. The first-order valence-corrected chi connectivity index (χ1v) is 10.2. The van der Waals surface area contributed by atoms with Gasteiger partial charge >= 0.3 is 0 Å². The van der Waals surface area contributed by atoms with Gasteiger partial charge in [0, 0.05) is 22.9 Å². The van der Waals surface area contributed by atoms with Crippen molar-refractivity contribution < 1.29 is 9.53 Å². The van der Waals surface area contributed by atoms with Gasteiger partial charge < -0.3 is 4.74 Å². The molecular weight excluding hydrogens is 358 g/mol. The molecule has 0 radical (unpaired) electrons. The molecule has 0 aliphatic carbocycles. The van der Waals surface area contributed by atoms with E-state index in [-0.39, 0.29) is 11.2 Å². The summed E-state index contributed by atoms with van der Waals surface area (Å²) in [7, 11) is 0. The van der Waals surface area contributed by atoms with Gasteiger partial charge in [0.05, 0.1) is 17.9 Å². The van der Waals surface area contributed by atoms with Crippen molar-refractivity contribution in [2.24, 2.45) is 0 Å². The second kappa shape index (κ2) is 9.04. The van der Waals surface area contributed by atoms with Crippen LogP contribution in [0.4, 0.5) is 0 Å². The standard InChI is InChI=1S/C26H29NO2/c1-5-6-17-29-25-21(13-10-14-22(25)26(2,3)4)24(28)20-12-9-11-19(18-20)23-15-7-8-16-27-23/h7-16,18H,5-6,17H2,1-4H3. The number of aromatic nitrogens is 1. The second-order valence-electron chi connectivity index (χ2n) is 8.26. The summed E-state index contributed by atoms with van der Waals surface area (Å²) < 4.78 is 6.16. The zero-order valence-corrected chi connectivity index (χ0v) is 17.7. The van der Waals surface area contributed by atoms with Crippen molar-refractivity contribution in [3.63, 3.8) is 0 Å². The van der Waals surface area contributed by atoms with Gasteiger partial charge in [-0.3, -0.25) is 9.78 Å². The maximum atomic E-state index is 13.5. The van der Waals surface area contributed by atoms with Crippen molar-refractivity contribution >= 4 is 5.78 Å². The molecule has 0 aliphatic heterocycles. The average molecular weight is 388 g/mol. The van der Waals surface area contributed by atoms with Gasteiger partial charge in [-0.1, -0.05) is 70.5 Å². The number of benzene rings is 2. The van der Waals surface area contributed by atoms with E-state index in [4.69, 9.17) is 4.74 Å². The lowest BCUT2D eigenvalue weighted by molar-refractivity contribution is 0.103. The molecule has 0 saturated carbocycles. The fraction of sp³-hybridized carbons (Fsp3) is 0.308. The number of ether oxygens (including phenoxy) is 1. The van der Waals surface area contributed by atoms with E-state index in [0.717, 1.165) is 29.7 Å². The van der Waals surface area contributed by atoms with Crippen LogP contribution < -0.4 is 4.74 Å². The maximum absolute atomic E-state index is 13.5. The highest BCUT2D eigenvalue weighted by molar-refractivity contribution is 6.11. The lowest BCUT2D eigenvalue weighted by Gasteiger charge is -2.24. The molecule has 3 aromatic rings. The van der Waals surface area contributed by atoms with E-state index < -0.39 is 0 Å². The molecule has 1 heterocycles. The Hall–Kier alpha value is -2.94. The van der Waals surface area contributed by atoms with Gasteiger partial charge in [-0.15, -0.1) is 0 Å². The van der Waals surface area contributed by atoms with E-state index in [1.807, 2.05) is 54.6 Å². The number of unbranched alkanes of at least 4 members (excludes halogenated alkanes) is 1. The molecule has 0 amide bonds. The lowest BCUT2D eigenvalue weighted by atomic mass is 9.84. The largest absolute Gasteiger partial charge is 0.493 e. The second-order valence-corrected chi connectivity index (χ2v) is 8.26. The number of nitrogens with zero attached hydrogens (tertiary/aromatic N) is 1. The Morgan fingerprint density at radius 3 is 2.48 bits per heavy atom. The van der Waals surface area contributed by atoms with Crippen LogP contribution in [0.15, 0.2) is 66.9 Å². The van der Waals surface area contributed by atoms with Gasteiger partial charge in [0.25, 0.3) is 0 Å². The quantitative estimate of drug-likeness (QED) is 0.345. The molecule has 0 unspecified atom stereocenters. The van der Waals surface area contributed by atoms with Crippen molar-refractivity contribution in [1.29, 1.82) is 0 Å². The minimum Gasteiger partial charge on any atom is -0.493 e. The summed E-state index contributed by atoms with van der Waals surface area (Å²) in [5.74, 6) is 0.682. The predicted octanol–water partition coefficient (Wildman–Crippen LogP) is 6.46. The van der Waals surface area contributed by atoms with Crippen LogP contribution in [-0.2, 0) is 5.41 Å². The van der Waals surface area contributed by atoms with Crippen LogP contribution >= 0.6 is 0 Å². The van der Waals surface area contributed by atoms with Crippen molar-refractivity contribution in [1.82, 2.24) is 4.98 Å². The van der Waals surface area contributed by atoms with Gasteiger partial charge in [-0.2, -0.15) is 0 Å². The Morgan fingerprint density at radius 2 is 1.79 bits per heavy atom. The van der Waals surface area contributed by atoms with Gasteiger partial charge in [0.1, 0.15) is 5.75 Å². The van der Waals surface area contributed by atoms with Crippen LogP contribution in [0.5, 0.6) is 5.75 Å². The number of carbonyl (C=O) groups excluding carboxylic acids is 1. The van der Waals surface area contributed by atoms with Crippen LogP contribution in [0.2, 0.25) is 0 Å². The first-order valence-electron chi connectivity index (χ1n) is 10.2. The van der Waals surface area contributed by atoms with E-state index in [9.17, 15) is 4.79 Å². The van der Waals surface area contributed by atoms with E-state index in [1.54, 1.807) is 6.20 Å².